The van der Waals surface area contributed by atoms with Crippen LogP contribution in [0.1, 0.15) is 5.56 Å². The topological polar surface area (TPSA) is 75.4 Å². The van der Waals surface area contributed by atoms with Crippen LogP contribution in [-0.4, -0.2) is 34.6 Å². The summed E-state index contributed by atoms with van der Waals surface area (Å²) in [7, 11) is 4.83. The van der Waals surface area contributed by atoms with Gasteiger partial charge in [-0.1, -0.05) is 17.8 Å². The maximum absolute atomic E-state index is 12.3. The van der Waals surface area contributed by atoms with Crippen molar-refractivity contribution in [3.63, 3.8) is 0 Å². The summed E-state index contributed by atoms with van der Waals surface area (Å²) in [5, 5.41) is 0.611. The van der Waals surface area contributed by atoms with Gasteiger partial charge in [0.25, 0.3) is 11.1 Å². The molecular formula is C20H21N3O4S. The van der Waals surface area contributed by atoms with Crippen LogP contribution in [0.4, 0.5) is 0 Å². The van der Waals surface area contributed by atoms with E-state index in [1.165, 1.54) is 28.5 Å². The average Bonchev–Trinajstić information content (AvgIpc) is 2.71. The predicted molar refractivity (Wildman–Crippen MR) is 110 cm³/mol. The molecular weight excluding hydrogens is 378 g/mol. The minimum atomic E-state index is -0.146. The van der Waals surface area contributed by atoms with Crippen molar-refractivity contribution in [1.82, 2.24) is 14.1 Å². The molecule has 0 fully saturated rings. The highest BCUT2D eigenvalue weighted by atomic mass is 32.2. The number of hydrogen-bond donors (Lipinski definition) is 0. The first-order valence-corrected chi connectivity index (χ1v) is 9.73. The molecule has 0 unspecified atom stereocenters. The average molecular weight is 399 g/mol. The Labute approximate surface area is 166 Å². The Morgan fingerprint density at radius 1 is 1.00 bits per heavy atom. The summed E-state index contributed by atoms with van der Waals surface area (Å²) in [5.74, 6) is 1.23. The molecule has 0 bridgehead atoms. The first-order valence-electron chi connectivity index (χ1n) is 8.50. The van der Waals surface area contributed by atoms with Crippen LogP contribution in [-0.2, 0) is 13.6 Å². The molecule has 0 atom stereocenters. The van der Waals surface area contributed by atoms with Gasteiger partial charge in [-0.2, -0.15) is 0 Å². The molecule has 0 amide bonds. The van der Waals surface area contributed by atoms with Crippen LogP contribution < -0.4 is 20.6 Å². The van der Waals surface area contributed by atoms with E-state index in [1.807, 2.05) is 18.4 Å². The highest BCUT2D eigenvalue weighted by Crippen LogP contribution is 2.28. The lowest BCUT2D eigenvalue weighted by Crippen LogP contribution is -2.21. The largest absolute Gasteiger partial charge is 0.493 e. The van der Waals surface area contributed by atoms with E-state index in [0.29, 0.717) is 34.5 Å². The third-order valence-corrected chi connectivity index (χ3v) is 5.09. The number of benzene rings is 1. The molecule has 28 heavy (non-hydrogen) atoms. The van der Waals surface area contributed by atoms with Gasteiger partial charge in [0.1, 0.15) is 0 Å². The van der Waals surface area contributed by atoms with Crippen molar-refractivity contribution in [2.24, 2.45) is 7.05 Å². The molecule has 0 saturated heterocycles. The fraction of sp³-hybridized carbons (Fsp3) is 0.250. The fourth-order valence-corrected chi connectivity index (χ4v) is 3.38. The molecule has 7 nitrogen and oxygen atoms in total. The van der Waals surface area contributed by atoms with Crippen LogP contribution >= 0.6 is 11.8 Å². The summed E-state index contributed by atoms with van der Waals surface area (Å²) in [5.41, 5.74) is 1.83. The van der Waals surface area contributed by atoms with E-state index in [-0.39, 0.29) is 11.1 Å². The van der Waals surface area contributed by atoms with Gasteiger partial charge < -0.3 is 14.0 Å². The molecule has 3 aromatic rings. The first-order chi connectivity index (χ1) is 13.5. The lowest BCUT2D eigenvalue weighted by Gasteiger charge is -2.12. The van der Waals surface area contributed by atoms with Crippen LogP contribution in [0.15, 0.2) is 57.3 Å². The van der Waals surface area contributed by atoms with Crippen LogP contribution in [0.25, 0.3) is 11.3 Å². The zero-order chi connectivity index (χ0) is 20.3. The van der Waals surface area contributed by atoms with Crippen LogP contribution in [0.3, 0.4) is 0 Å². The second kappa shape index (κ2) is 8.35. The zero-order valence-electron chi connectivity index (χ0n) is 16.1. The van der Waals surface area contributed by atoms with Crippen molar-refractivity contribution in [3.8, 4) is 22.8 Å². The Hall–Kier alpha value is -3.00. The normalized spacial score (nSPS) is 10.7. The van der Waals surface area contributed by atoms with Crippen molar-refractivity contribution in [2.45, 2.75) is 11.7 Å². The Kier molecular flexibility index (Phi) is 5.89. The van der Waals surface area contributed by atoms with Gasteiger partial charge in [0.05, 0.1) is 26.5 Å². The predicted octanol–water partition coefficient (Wildman–Crippen LogP) is 2.40. The third-order valence-electron chi connectivity index (χ3n) is 4.36. The number of aromatic nitrogens is 3. The Morgan fingerprint density at radius 2 is 1.75 bits per heavy atom. The third kappa shape index (κ3) is 3.96. The minimum Gasteiger partial charge on any atom is -0.493 e. The van der Waals surface area contributed by atoms with E-state index in [0.717, 1.165) is 5.56 Å². The van der Waals surface area contributed by atoms with E-state index in [2.05, 4.69) is 4.98 Å². The molecule has 8 heteroatoms. The van der Waals surface area contributed by atoms with Crippen LogP contribution in [0.2, 0.25) is 0 Å². The highest BCUT2D eigenvalue weighted by Gasteiger charge is 2.10. The summed E-state index contributed by atoms with van der Waals surface area (Å²) in [6.07, 6.45) is 3.58. The second-order valence-electron chi connectivity index (χ2n) is 6.10. The van der Waals surface area contributed by atoms with Gasteiger partial charge in [0.2, 0.25) is 0 Å². The molecule has 0 spiro atoms. The Bertz CT molecular complexity index is 1120. The minimum absolute atomic E-state index is 0.146. The number of ether oxygens (including phenoxy) is 2. The van der Waals surface area contributed by atoms with Crippen molar-refractivity contribution >= 4 is 11.8 Å². The highest BCUT2D eigenvalue weighted by molar-refractivity contribution is 7.98. The number of pyridine rings is 1. The Balaban J connectivity index is 2.00. The second-order valence-corrected chi connectivity index (χ2v) is 6.87. The maximum atomic E-state index is 12.3. The SMILES string of the molecule is COc1ccc(Cn2cc(-c3cc(=O)n(C)c(SC)n3)ccc2=O)cc1OC. The lowest BCUT2D eigenvalue weighted by atomic mass is 10.1. The quantitative estimate of drug-likeness (QED) is 0.468. The van der Waals surface area contributed by atoms with E-state index in [4.69, 9.17) is 9.47 Å². The monoisotopic (exact) mass is 399 g/mol. The molecule has 146 valence electrons. The molecule has 2 heterocycles. The van der Waals surface area contributed by atoms with Crippen molar-refractivity contribution in [3.05, 3.63) is 68.9 Å². The summed E-state index contributed by atoms with van der Waals surface area (Å²) >= 11 is 1.39. The van der Waals surface area contributed by atoms with E-state index >= 15 is 0 Å². The van der Waals surface area contributed by atoms with Gasteiger partial charge in [-0.15, -0.1) is 0 Å². The smallest absolute Gasteiger partial charge is 0.254 e. The van der Waals surface area contributed by atoms with Gasteiger partial charge >= 0.3 is 0 Å². The molecule has 0 aliphatic rings. The van der Waals surface area contributed by atoms with Gasteiger partial charge in [-0.3, -0.25) is 14.2 Å². The van der Waals surface area contributed by atoms with Crippen molar-refractivity contribution in [2.75, 3.05) is 20.5 Å². The van der Waals surface area contributed by atoms with Crippen LogP contribution in [0.5, 0.6) is 11.5 Å². The van der Waals surface area contributed by atoms with Gasteiger partial charge in [-0.05, 0) is 30.0 Å². The number of nitrogens with zero attached hydrogens (tertiary/aromatic N) is 3. The summed E-state index contributed by atoms with van der Waals surface area (Å²) < 4.78 is 13.6. The number of hydrogen-bond acceptors (Lipinski definition) is 6. The molecule has 3 rings (SSSR count). The molecule has 0 N–H and O–H groups in total. The molecule has 0 aliphatic carbocycles. The van der Waals surface area contributed by atoms with E-state index in [9.17, 15) is 9.59 Å². The lowest BCUT2D eigenvalue weighted by molar-refractivity contribution is 0.354. The van der Waals surface area contributed by atoms with Gasteiger partial charge in [0.15, 0.2) is 16.7 Å². The van der Waals surface area contributed by atoms with Crippen molar-refractivity contribution < 1.29 is 9.47 Å². The molecule has 0 radical (unpaired) electrons. The van der Waals surface area contributed by atoms with E-state index < -0.39 is 0 Å². The van der Waals surface area contributed by atoms with Crippen molar-refractivity contribution in [1.29, 1.82) is 0 Å². The summed E-state index contributed by atoms with van der Waals surface area (Å²) in [4.78, 5) is 29.1. The molecule has 0 saturated carbocycles. The standard InChI is InChI=1S/C20H21N3O4S/c1-22-19(25)10-15(21-20(22)28-4)14-6-8-18(24)23(12-14)11-13-5-7-16(26-2)17(9-13)27-3/h5-10,12H,11H2,1-4H3. The molecule has 0 aliphatic heterocycles. The van der Waals surface area contributed by atoms with Gasteiger partial charge in [0, 0.05) is 30.9 Å². The molecule has 1 aromatic carbocycles. The Morgan fingerprint density at radius 3 is 2.43 bits per heavy atom. The number of thioether (sulfide) groups is 1. The van der Waals surface area contributed by atoms with Gasteiger partial charge in [-0.25, -0.2) is 4.98 Å². The van der Waals surface area contributed by atoms with E-state index in [1.54, 1.807) is 44.2 Å². The zero-order valence-corrected chi connectivity index (χ0v) is 16.9. The molecule has 2 aromatic heterocycles. The first kappa shape index (κ1) is 19.8. The summed E-state index contributed by atoms with van der Waals surface area (Å²) in [6, 6.07) is 10.1. The van der Waals surface area contributed by atoms with Crippen LogP contribution in [0, 0.1) is 0 Å². The maximum Gasteiger partial charge on any atom is 0.254 e. The number of rotatable bonds is 6. The summed E-state index contributed by atoms with van der Waals surface area (Å²) in [6.45, 7) is 0.354. The fourth-order valence-electron chi connectivity index (χ4n) is 2.83. The number of methoxy groups -OCH3 is 2.